The lowest BCUT2D eigenvalue weighted by molar-refractivity contribution is 0.161. The van der Waals surface area contributed by atoms with E-state index in [9.17, 15) is 13.2 Å². The number of nitrogens with zero attached hydrogens (tertiary/aromatic N) is 2. The van der Waals surface area contributed by atoms with E-state index in [1.807, 2.05) is 19.1 Å². The first-order chi connectivity index (χ1) is 12.4. The van der Waals surface area contributed by atoms with Gasteiger partial charge in [0.15, 0.2) is 0 Å². The van der Waals surface area contributed by atoms with Crippen LogP contribution in [0.25, 0.3) is 0 Å². The number of amides is 2. The minimum absolute atomic E-state index is 0.0591. The SMILES string of the molecule is Cc1ccc(S(=O)(=O)N2CCN(C(=O)N[C@@H]3CCCC[C@@H]3C)CC2)cc1. The van der Waals surface area contributed by atoms with Gasteiger partial charge in [-0.15, -0.1) is 0 Å². The zero-order valence-corrected chi connectivity index (χ0v) is 16.5. The van der Waals surface area contributed by atoms with Crippen LogP contribution < -0.4 is 5.32 Å². The van der Waals surface area contributed by atoms with Crippen molar-refractivity contribution in [1.82, 2.24) is 14.5 Å². The highest BCUT2D eigenvalue weighted by Crippen LogP contribution is 2.24. The number of hydrogen-bond acceptors (Lipinski definition) is 3. The molecule has 1 saturated carbocycles. The van der Waals surface area contributed by atoms with E-state index < -0.39 is 10.0 Å². The molecule has 7 heteroatoms. The quantitative estimate of drug-likeness (QED) is 0.878. The minimum atomic E-state index is -3.49. The van der Waals surface area contributed by atoms with Gasteiger partial charge in [-0.2, -0.15) is 4.31 Å². The van der Waals surface area contributed by atoms with Crippen molar-refractivity contribution in [3.8, 4) is 0 Å². The molecule has 0 unspecified atom stereocenters. The van der Waals surface area contributed by atoms with E-state index in [2.05, 4.69) is 12.2 Å². The van der Waals surface area contributed by atoms with Crippen LogP contribution in [-0.2, 0) is 10.0 Å². The molecule has 26 heavy (non-hydrogen) atoms. The van der Waals surface area contributed by atoms with Crippen LogP contribution in [0.15, 0.2) is 29.2 Å². The molecule has 2 atom stereocenters. The molecular weight excluding hydrogens is 350 g/mol. The zero-order valence-electron chi connectivity index (χ0n) is 15.6. The fourth-order valence-electron chi connectivity index (χ4n) is 3.77. The Labute approximate surface area is 156 Å². The number of carbonyl (C=O) groups is 1. The Kier molecular flexibility index (Phi) is 5.87. The fraction of sp³-hybridized carbons (Fsp3) is 0.632. The van der Waals surface area contributed by atoms with Gasteiger partial charge in [-0.3, -0.25) is 0 Å². The van der Waals surface area contributed by atoms with Crippen molar-refractivity contribution in [2.45, 2.75) is 50.5 Å². The van der Waals surface area contributed by atoms with Crippen LogP contribution in [-0.4, -0.2) is 55.9 Å². The number of piperazine rings is 1. The van der Waals surface area contributed by atoms with Crippen molar-refractivity contribution < 1.29 is 13.2 Å². The van der Waals surface area contributed by atoms with E-state index in [4.69, 9.17) is 0 Å². The summed E-state index contributed by atoms with van der Waals surface area (Å²) in [5.41, 5.74) is 1.03. The molecule has 3 rings (SSSR count). The van der Waals surface area contributed by atoms with Crippen LogP contribution in [0.3, 0.4) is 0 Å². The topological polar surface area (TPSA) is 69.7 Å². The Bertz CT molecular complexity index is 725. The van der Waals surface area contributed by atoms with E-state index in [0.29, 0.717) is 37.0 Å². The number of urea groups is 1. The van der Waals surface area contributed by atoms with E-state index in [1.54, 1.807) is 17.0 Å². The molecule has 1 aliphatic carbocycles. The van der Waals surface area contributed by atoms with Crippen LogP contribution in [0.2, 0.25) is 0 Å². The first-order valence-corrected chi connectivity index (χ1v) is 10.9. The molecule has 1 N–H and O–H groups in total. The van der Waals surface area contributed by atoms with Gasteiger partial charge in [0.05, 0.1) is 4.90 Å². The van der Waals surface area contributed by atoms with Crippen molar-refractivity contribution >= 4 is 16.1 Å². The van der Waals surface area contributed by atoms with Crippen LogP contribution in [0.4, 0.5) is 4.79 Å². The number of carbonyl (C=O) groups excluding carboxylic acids is 1. The Balaban J connectivity index is 1.56. The molecule has 2 fully saturated rings. The standard InChI is InChI=1S/C19H29N3O3S/c1-15-7-9-17(10-8-15)26(24,25)22-13-11-21(12-14-22)19(23)20-18-6-4-3-5-16(18)2/h7-10,16,18H,3-6,11-14H2,1-2H3,(H,20,23)/t16-,18+/m0/s1. The van der Waals surface area contributed by atoms with Crippen LogP contribution in [0, 0.1) is 12.8 Å². The second-order valence-electron chi connectivity index (χ2n) is 7.52. The second kappa shape index (κ2) is 7.96. The smallest absolute Gasteiger partial charge is 0.317 e. The number of nitrogens with one attached hydrogen (secondary N) is 1. The summed E-state index contributed by atoms with van der Waals surface area (Å²) in [5, 5.41) is 3.15. The molecule has 6 nitrogen and oxygen atoms in total. The molecule has 0 aromatic heterocycles. The molecule has 1 heterocycles. The van der Waals surface area contributed by atoms with Gasteiger partial charge in [0.25, 0.3) is 0 Å². The first-order valence-electron chi connectivity index (χ1n) is 9.50. The third-order valence-corrected chi connectivity index (χ3v) is 7.52. The Morgan fingerprint density at radius 3 is 2.27 bits per heavy atom. The summed E-state index contributed by atoms with van der Waals surface area (Å²) in [5.74, 6) is 0.510. The Morgan fingerprint density at radius 2 is 1.65 bits per heavy atom. The van der Waals surface area contributed by atoms with E-state index in [-0.39, 0.29) is 12.1 Å². The normalized spacial score (nSPS) is 25.1. The summed E-state index contributed by atoms with van der Waals surface area (Å²) in [6.45, 7) is 5.65. The third kappa shape index (κ3) is 4.20. The highest BCUT2D eigenvalue weighted by Gasteiger charge is 2.31. The highest BCUT2D eigenvalue weighted by molar-refractivity contribution is 7.89. The van der Waals surface area contributed by atoms with Gasteiger partial charge >= 0.3 is 6.03 Å². The maximum atomic E-state index is 12.7. The van der Waals surface area contributed by atoms with Gasteiger partial charge in [0.1, 0.15) is 0 Å². The minimum Gasteiger partial charge on any atom is -0.335 e. The van der Waals surface area contributed by atoms with Crippen molar-refractivity contribution in [1.29, 1.82) is 0 Å². The number of aryl methyl sites for hydroxylation is 1. The lowest BCUT2D eigenvalue weighted by Crippen LogP contribution is -2.55. The zero-order chi connectivity index (χ0) is 18.7. The molecule has 1 aliphatic heterocycles. The van der Waals surface area contributed by atoms with E-state index in [1.165, 1.54) is 10.7 Å². The van der Waals surface area contributed by atoms with Crippen LogP contribution >= 0.6 is 0 Å². The summed E-state index contributed by atoms with van der Waals surface area (Å²) in [6, 6.07) is 7.09. The highest BCUT2D eigenvalue weighted by atomic mass is 32.2. The predicted molar refractivity (Wildman–Crippen MR) is 101 cm³/mol. The number of benzene rings is 1. The monoisotopic (exact) mass is 379 g/mol. The number of hydrogen-bond donors (Lipinski definition) is 1. The van der Waals surface area contributed by atoms with Gasteiger partial charge < -0.3 is 10.2 Å². The lowest BCUT2D eigenvalue weighted by atomic mass is 9.86. The molecule has 0 bridgehead atoms. The summed E-state index contributed by atoms with van der Waals surface area (Å²) in [7, 11) is -3.49. The van der Waals surface area contributed by atoms with E-state index in [0.717, 1.165) is 24.8 Å². The van der Waals surface area contributed by atoms with Gasteiger partial charge in [-0.25, -0.2) is 13.2 Å². The maximum Gasteiger partial charge on any atom is 0.317 e. The van der Waals surface area contributed by atoms with Gasteiger partial charge in [0.2, 0.25) is 10.0 Å². The predicted octanol–water partition coefficient (Wildman–Crippen LogP) is 2.59. The van der Waals surface area contributed by atoms with Gasteiger partial charge in [-0.1, -0.05) is 37.5 Å². The largest absolute Gasteiger partial charge is 0.335 e. The average molecular weight is 380 g/mol. The Hall–Kier alpha value is -1.60. The number of sulfonamides is 1. The fourth-order valence-corrected chi connectivity index (χ4v) is 5.19. The maximum absolute atomic E-state index is 12.7. The molecular formula is C19H29N3O3S. The molecule has 1 aromatic rings. The van der Waals surface area contributed by atoms with Crippen molar-refractivity contribution in [3.05, 3.63) is 29.8 Å². The summed E-state index contributed by atoms with van der Waals surface area (Å²) in [6.07, 6.45) is 4.60. The first kappa shape index (κ1) is 19.2. The molecule has 0 spiro atoms. The molecule has 2 amide bonds. The molecule has 144 valence electrons. The third-order valence-electron chi connectivity index (χ3n) is 5.60. The van der Waals surface area contributed by atoms with Gasteiger partial charge in [0, 0.05) is 32.2 Å². The summed E-state index contributed by atoms with van der Waals surface area (Å²) < 4.78 is 27.0. The van der Waals surface area contributed by atoms with E-state index >= 15 is 0 Å². The number of rotatable bonds is 3. The van der Waals surface area contributed by atoms with Crippen molar-refractivity contribution in [2.24, 2.45) is 5.92 Å². The van der Waals surface area contributed by atoms with Gasteiger partial charge in [-0.05, 0) is 37.8 Å². The summed E-state index contributed by atoms with van der Waals surface area (Å²) >= 11 is 0. The Morgan fingerprint density at radius 1 is 1.04 bits per heavy atom. The van der Waals surface area contributed by atoms with Crippen molar-refractivity contribution in [2.75, 3.05) is 26.2 Å². The molecule has 1 aromatic carbocycles. The average Bonchev–Trinajstić information content (AvgIpc) is 2.64. The van der Waals surface area contributed by atoms with Crippen molar-refractivity contribution in [3.63, 3.8) is 0 Å². The van der Waals surface area contributed by atoms with Crippen LogP contribution in [0.1, 0.15) is 38.2 Å². The second-order valence-corrected chi connectivity index (χ2v) is 9.46. The van der Waals surface area contributed by atoms with Crippen LogP contribution in [0.5, 0.6) is 0 Å². The summed E-state index contributed by atoms with van der Waals surface area (Å²) in [4.78, 5) is 14.6. The molecule has 1 saturated heterocycles. The molecule has 2 aliphatic rings. The lowest BCUT2D eigenvalue weighted by Gasteiger charge is -2.36. The molecule has 0 radical (unpaired) electrons.